The van der Waals surface area contributed by atoms with Crippen LogP contribution in [0.2, 0.25) is 18.1 Å². The molecule has 0 heterocycles. The Morgan fingerprint density at radius 1 is 0.871 bits per heavy atom. The van der Waals surface area contributed by atoms with E-state index in [1.807, 2.05) is 0 Å². The minimum Gasteiger partial charge on any atom is -0.298 e. The van der Waals surface area contributed by atoms with Gasteiger partial charge >= 0.3 is 0 Å². The van der Waals surface area contributed by atoms with Gasteiger partial charge < -0.3 is 0 Å². The summed E-state index contributed by atoms with van der Waals surface area (Å²) in [6.45, 7) is 20.6. The van der Waals surface area contributed by atoms with E-state index < -0.39 is 13.5 Å². The molecule has 0 aromatic heterocycles. The highest BCUT2D eigenvalue weighted by molar-refractivity contribution is 6.87. The molecule has 1 saturated carbocycles. The van der Waals surface area contributed by atoms with Gasteiger partial charge in [0.15, 0.2) is 5.78 Å². The summed E-state index contributed by atoms with van der Waals surface area (Å²) in [4.78, 5) is 13.9. The second kappa shape index (κ2) is 12.1. The van der Waals surface area contributed by atoms with Crippen LogP contribution in [0.25, 0.3) is 0 Å². The number of rotatable bonds is 11. The van der Waals surface area contributed by atoms with Crippen molar-refractivity contribution in [1.82, 2.24) is 0 Å². The summed E-state index contributed by atoms with van der Waals surface area (Å²) in [5.74, 6) is 4.53. The van der Waals surface area contributed by atoms with Crippen LogP contribution in [0.5, 0.6) is 0 Å². The fraction of sp³-hybridized carbons (Fsp3) is 0.897. The van der Waals surface area contributed by atoms with E-state index in [2.05, 4.69) is 73.8 Å². The third-order valence-electron chi connectivity index (χ3n) is 7.05. The highest BCUT2D eigenvalue weighted by Gasteiger charge is 2.49. The summed E-state index contributed by atoms with van der Waals surface area (Å²) < 4.78 is 0. The Hall–Kier alpha value is -0.553. The second-order valence-electron chi connectivity index (χ2n) is 13.0. The van der Waals surface area contributed by atoms with Gasteiger partial charge in [-0.15, -0.1) is 5.54 Å². The first kappa shape index (κ1) is 28.5. The van der Waals surface area contributed by atoms with Crippen molar-refractivity contribution in [1.29, 1.82) is 0 Å². The highest BCUT2D eigenvalue weighted by atomic mass is 28.3. The van der Waals surface area contributed by atoms with Crippen molar-refractivity contribution in [3.63, 3.8) is 0 Å². The molecule has 2 heteroatoms. The fourth-order valence-electron chi connectivity index (χ4n) is 5.61. The molecule has 0 spiro atoms. The topological polar surface area (TPSA) is 17.1 Å². The maximum Gasteiger partial charge on any atom is 0.153 e. The molecule has 1 fully saturated rings. The molecule has 0 bridgehead atoms. The van der Waals surface area contributed by atoms with Crippen LogP contribution in [0.4, 0.5) is 0 Å². The number of hydrogen-bond acceptors (Lipinski definition) is 1. The summed E-state index contributed by atoms with van der Waals surface area (Å²) in [5, 5.41) is 0. The molecule has 0 N–H and O–H groups in total. The lowest BCUT2D eigenvalue weighted by Gasteiger charge is -2.32. The normalized spacial score (nSPS) is 22.5. The molecule has 1 aliphatic rings. The molecular formula is C29H54OSi. The molecule has 1 rings (SSSR count). The molecule has 0 saturated heterocycles. The van der Waals surface area contributed by atoms with Crippen LogP contribution in [0, 0.1) is 33.6 Å². The summed E-state index contributed by atoms with van der Waals surface area (Å²) >= 11 is 0. The van der Waals surface area contributed by atoms with Crippen LogP contribution in [-0.4, -0.2) is 13.9 Å². The Labute approximate surface area is 196 Å². The van der Waals surface area contributed by atoms with Gasteiger partial charge in [0.25, 0.3) is 0 Å². The van der Waals surface area contributed by atoms with Crippen LogP contribution in [0.15, 0.2) is 0 Å². The van der Waals surface area contributed by atoms with E-state index in [0.717, 1.165) is 25.7 Å². The van der Waals surface area contributed by atoms with Crippen molar-refractivity contribution in [3.8, 4) is 11.5 Å². The summed E-state index contributed by atoms with van der Waals surface area (Å²) in [5.41, 5.74) is 3.96. The van der Waals surface area contributed by atoms with E-state index >= 15 is 0 Å². The zero-order valence-corrected chi connectivity index (χ0v) is 23.7. The van der Waals surface area contributed by atoms with Gasteiger partial charge in [-0.2, -0.15) is 0 Å². The van der Waals surface area contributed by atoms with Gasteiger partial charge in [-0.25, -0.2) is 0 Å². The van der Waals surface area contributed by atoms with Gasteiger partial charge in [-0.1, -0.05) is 107 Å². The van der Waals surface area contributed by atoms with Crippen molar-refractivity contribution in [3.05, 3.63) is 0 Å². The molecule has 2 atom stereocenters. The Bertz CT molecular complexity index is 588. The second-order valence-corrected chi connectivity index (χ2v) is 17.3. The number of ketones is 1. The molecule has 180 valence electrons. The van der Waals surface area contributed by atoms with Gasteiger partial charge in [-0.3, -0.25) is 4.79 Å². The molecule has 0 aromatic carbocycles. The molecule has 0 aromatic rings. The Balaban J connectivity index is 3.37. The first-order valence-electron chi connectivity index (χ1n) is 13.4. The zero-order chi connectivity index (χ0) is 23.8. The first-order chi connectivity index (χ1) is 14.3. The van der Waals surface area contributed by atoms with E-state index in [0.29, 0.717) is 5.78 Å². The van der Waals surface area contributed by atoms with Crippen molar-refractivity contribution in [2.75, 3.05) is 0 Å². The predicted octanol–water partition coefficient (Wildman–Crippen LogP) is 9.22. The lowest BCUT2D eigenvalue weighted by molar-refractivity contribution is -0.128. The van der Waals surface area contributed by atoms with Crippen LogP contribution >= 0.6 is 0 Å². The van der Waals surface area contributed by atoms with Crippen LogP contribution in [-0.2, 0) is 4.79 Å². The van der Waals surface area contributed by atoms with E-state index in [1.165, 1.54) is 56.7 Å². The van der Waals surface area contributed by atoms with Gasteiger partial charge in [-0.05, 0) is 54.6 Å². The zero-order valence-electron chi connectivity index (χ0n) is 22.7. The maximum absolute atomic E-state index is 13.9. The van der Waals surface area contributed by atoms with Crippen LogP contribution in [0.1, 0.15) is 127 Å². The van der Waals surface area contributed by atoms with Gasteiger partial charge in [0.1, 0.15) is 8.07 Å². The van der Waals surface area contributed by atoms with Gasteiger partial charge in [0.05, 0.1) is 5.41 Å². The van der Waals surface area contributed by atoms with Crippen LogP contribution in [0.3, 0.4) is 0 Å². The third-order valence-corrected chi connectivity index (χ3v) is 11.6. The summed E-state index contributed by atoms with van der Waals surface area (Å²) in [7, 11) is -1.66. The van der Waals surface area contributed by atoms with E-state index in [9.17, 15) is 4.79 Å². The lowest BCUT2D eigenvalue weighted by atomic mass is 9.71. The van der Waals surface area contributed by atoms with Crippen LogP contribution < -0.4 is 0 Å². The predicted molar refractivity (Wildman–Crippen MR) is 141 cm³/mol. The largest absolute Gasteiger partial charge is 0.298 e. The SMILES string of the molecule is CCCC[Si](C#C[C@]1(CC(C)(C)C)CC[C@H](CC(C)(C)C)C1=O)(CCCC)CCCC. The average Bonchev–Trinajstić information content (AvgIpc) is 2.94. The number of carbonyl (C=O) groups excluding carboxylic acids is 1. The van der Waals surface area contributed by atoms with Crippen molar-refractivity contribution >= 4 is 13.9 Å². The molecule has 0 amide bonds. The number of carbonyl (C=O) groups is 1. The molecule has 0 aliphatic heterocycles. The maximum atomic E-state index is 13.9. The molecule has 1 aliphatic carbocycles. The summed E-state index contributed by atoms with van der Waals surface area (Å²) in [6.07, 6.45) is 11.6. The van der Waals surface area contributed by atoms with E-state index in [1.54, 1.807) is 0 Å². The van der Waals surface area contributed by atoms with E-state index in [-0.39, 0.29) is 16.7 Å². The standard InChI is InChI=1S/C29H54OSi/c1-10-13-19-31(20-14-11-2,21-15-12-3)22-18-29(24-28(7,8)9)17-16-25(26(29)30)23-27(4,5)6/h25H,10-17,19-21,23-24H2,1-9H3/t25-,29+/m1/s1. The van der Waals surface area contributed by atoms with E-state index in [4.69, 9.17) is 0 Å². The third kappa shape index (κ3) is 9.45. The first-order valence-corrected chi connectivity index (χ1v) is 16.0. The average molecular weight is 447 g/mol. The van der Waals surface area contributed by atoms with Crippen molar-refractivity contribution in [2.24, 2.45) is 22.2 Å². The fourth-order valence-corrected chi connectivity index (χ4v) is 10.3. The summed E-state index contributed by atoms with van der Waals surface area (Å²) in [6, 6.07) is 4.01. The van der Waals surface area contributed by atoms with Crippen molar-refractivity contribution in [2.45, 2.75) is 145 Å². The number of unbranched alkanes of at least 4 members (excludes halogenated alkanes) is 3. The van der Waals surface area contributed by atoms with Gasteiger partial charge in [0, 0.05) is 5.92 Å². The van der Waals surface area contributed by atoms with Gasteiger partial charge in [0.2, 0.25) is 0 Å². The molecular weight excluding hydrogens is 392 g/mol. The Morgan fingerprint density at radius 2 is 1.35 bits per heavy atom. The minimum absolute atomic E-state index is 0.126. The highest BCUT2D eigenvalue weighted by Crippen LogP contribution is 2.48. The Kier molecular flexibility index (Phi) is 11.1. The smallest absolute Gasteiger partial charge is 0.153 e. The quantitative estimate of drug-likeness (QED) is 0.228. The molecule has 1 nitrogen and oxygen atoms in total. The minimum atomic E-state index is -1.66. The Morgan fingerprint density at radius 3 is 1.74 bits per heavy atom. The lowest BCUT2D eigenvalue weighted by Crippen LogP contribution is -2.36. The number of Topliss-reactive ketones (excluding diaryl/α,β-unsaturated/α-hetero) is 1. The number of hydrogen-bond donors (Lipinski definition) is 0. The van der Waals surface area contributed by atoms with Crippen molar-refractivity contribution < 1.29 is 4.79 Å². The molecule has 0 unspecified atom stereocenters. The molecule has 31 heavy (non-hydrogen) atoms. The molecule has 0 radical (unpaired) electrons. The monoisotopic (exact) mass is 446 g/mol.